The minimum atomic E-state index is -0.386. The second-order valence-corrected chi connectivity index (χ2v) is 12.3. The van der Waals surface area contributed by atoms with Gasteiger partial charge in [-0.25, -0.2) is 0 Å². The number of rotatable bonds is 18. The Morgan fingerprint density at radius 2 is 0.776 bits per heavy atom. The van der Waals surface area contributed by atoms with Crippen molar-refractivity contribution in [1.82, 2.24) is 0 Å². The van der Waals surface area contributed by atoms with Gasteiger partial charge in [0.2, 0.25) is 0 Å². The molecule has 11 heteroatoms. The van der Waals surface area contributed by atoms with E-state index in [1.165, 1.54) is 0 Å². The Bertz CT molecular complexity index is 1610. The van der Waals surface area contributed by atoms with Gasteiger partial charge in [-0.1, -0.05) is 0 Å². The second-order valence-electron chi connectivity index (χ2n) is 10.1. The molecule has 0 fully saturated rings. The van der Waals surface area contributed by atoms with Crippen molar-refractivity contribution in [2.24, 2.45) is 0 Å². The Morgan fingerprint density at radius 3 is 1.04 bits per heavy atom. The quantitative estimate of drug-likeness (QED) is 0.0912. The molecular formula is C38H42O10Se. The maximum atomic E-state index is 6.31. The number of ether oxygens (including phenoxy) is 10. The van der Waals surface area contributed by atoms with Gasteiger partial charge < -0.3 is 0 Å². The molecule has 0 atom stereocenters. The first-order chi connectivity index (χ1) is 23.9. The van der Waals surface area contributed by atoms with Crippen LogP contribution in [0.2, 0.25) is 0 Å². The molecule has 0 saturated heterocycles. The molecule has 4 aromatic rings. The zero-order valence-electron chi connectivity index (χ0n) is 29.1. The van der Waals surface area contributed by atoms with E-state index >= 15 is 0 Å². The van der Waals surface area contributed by atoms with Crippen LogP contribution >= 0.6 is 0 Å². The van der Waals surface area contributed by atoms with E-state index in [0.717, 1.165) is 31.2 Å². The Morgan fingerprint density at radius 1 is 0.449 bits per heavy atom. The molecule has 0 aliphatic rings. The second kappa shape index (κ2) is 17.3. The van der Waals surface area contributed by atoms with E-state index in [9.17, 15) is 0 Å². The molecule has 10 nitrogen and oxygen atoms in total. The van der Waals surface area contributed by atoms with Crippen LogP contribution < -0.4 is 56.3 Å². The van der Waals surface area contributed by atoms with Crippen LogP contribution in [0.4, 0.5) is 0 Å². The molecule has 0 heterocycles. The van der Waals surface area contributed by atoms with Crippen molar-refractivity contribution in [1.29, 1.82) is 0 Å². The van der Waals surface area contributed by atoms with Crippen LogP contribution in [-0.2, 0) is 0 Å². The summed E-state index contributed by atoms with van der Waals surface area (Å²) in [5.74, 6) is 5.13. The van der Waals surface area contributed by atoms with Gasteiger partial charge in [-0.3, -0.25) is 0 Å². The number of benzene rings is 4. The molecule has 0 aliphatic carbocycles. The Hall–Kier alpha value is -5.12. The summed E-state index contributed by atoms with van der Waals surface area (Å²) >= 11 is -0.386. The predicted octanol–water partition coefficient (Wildman–Crippen LogP) is 5.87. The monoisotopic (exact) mass is 738 g/mol. The summed E-state index contributed by atoms with van der Waals surface area (Å²) < 4.78 is 60.3. The fourth-order valence-electron chi connectivity index (χ4n) is 5.27. The van der Waals surface area contributed by atoms with Gasteiger partial charge in [0.25, 0.3) is 0 Å². The SMILES string of the molecule is C=CCOc1c(OC)ccc([Se]c2ccc(OC)c(OCC=C)c2-c2cc(OC)c(OC)c(OC)c2)c1-c1cc(OC)c(OC)c(OC)c1. The van der Waals surface area contributed by atoms with Crippen molar-refractivity contribution in [2.75, 3.05) is 70.1 Å². The Kier molecular flexibility index (Phi) is 13.0. The molecule has 0 spiro atoms. The molecule has 4 rings (SSSR count). The zero-order valence-corrected chi connectivity index (χ0v) is 30.8. The molecule has 49 heavy (non-hydrogen) atoms. The summed E-state index contributed by atoms with van der Waals surface area (Å²) in [6, 6.07) is 15.4. The third-order valence-electron chi connectivity index (χ3n) is 7.42. The molecular weight excluding hydrogens is 695 g/mol. The van der Waals surface area contributed by atoms with Crippen molar-refractivity contribution in [3.8, 4) is 79.7 Å². The molecule has 4 aromatic carbocycles. The number of methoxy groups -OCH3 is 8. The molecule has 0 unspecified atom stereocenters. The number of hydrogen-bond acceptors (Lipinski definition) is 10. The van der Waals surface area contributed by atoms with Crippen LogP contribution in [-0.4, -0.2) is 85.0 Å². The summed E-state index contributed by atoms with van der Waals surface area (Å²) in [7, 11) is 12.7. The average molecular weight is 738 g/mol. The van der Waals surface area contributed by atoms with E-state index in [0.29, 0.717) is 57.5 Å². The topological polar surface area (TPSA) is 92.3 Å². The molecule has 260 valence electrons. The fourth-order valence-corrected chi connectivity index (χ4v) is 7.65. The molecule has 0 bridgehead atoms. The number of hydrogen-bond donors (Lipinski definition) is 0. The van der Waals surface area contributed by atoms with Crippen molar-refractivity contribution >= 4 is 23.9 Å². The molecule has 0 radical (unpaired) electrons. The Labute approximate surface area is 294 Å². The summed E-state index contributed by atoms with van der Waals surface area (Å²) in [5.41, 5.74) is 3.13. The van der Waals surface area contributed by atoms with Crippen LogP contribution in [0.15, 0.2) is 73.8 Å². The summed E-state index contributed by atoms with van der Waals surface area (Å²) in [6.07, 6.45) is 3.37. The van der Waals surface area contributed by atoms with Crippen LogP contribution in [0.25, 0.3) is 22.3 Å². The van der Waals surface area contributed by atoms with E-state index < -0.39 is 0 Å². The first-order valence-electron chi connectivity index (χ1n) is 15.1. The van der Waals surface area contributed by atoms with Gasteiger partial charge in [0.1, 0.15) is 0 Å². The van der Waals surface area contributed by atoms with Crippen LogP contribution in [0.5, 0.6) is 57.5 Å². The maximum absolute atomic E-state index is 6.31. The van der Waals surface area contributed by atoms with Crippen LogP contribution in [0, 0.1) is 0 Å². The summed E-state index contributed by atoms with van der Waals surface area (Å²) in [5, 5.41) is 0. The van der Waals surface area contributed by atoms with Crippen LogP contribution in [0.3, 0.4) is 0 Å². The van der Waals surface area contributed by atoms with Gasteiger partial charge in [0, 0.05) is 0 Å². The Balaban J connectivity index is 2.09. The van der Waals surface area contributed by atoms with E-state index in [2.05, 4.69) is 13.2 Å². The normalized spacial score (nSPS) is 10.4. The average Bonchev–Trinajstić information content (AvgIpc) is 3.14. The van der Waals surface area contributed by atoms with E-state index in [4.69, 9.17) is 47.4 Å². The molecule has 0 amide bonds. The third-order valence-corrected chi connectivity index (χ3v) is 9.77. The van der Waals surface area contributed by atoms with Crippen molar-refractivity contribution in [2.45, 2.75) is 0 Å². The zero-order chi connectivity index (χ0) is 35.5. The van der Waals surface area contributed by atoms with Gasteiger partial charge in [-0.05, 0) is 0 Å². The molecule has 0 N–H and O–H groups in total. The van der Waals surface area contributed by atoms with Crippen molar-refractivity contribution in [3.63, 3.8) is 0 Å². The van der Waals surface area contributed by atoms with Gasteiger partial charge in [-0.2, -0.15) is 0 Å². The van der Waals surface area contributed by atoms with Crippen LogP contribution in [0.1, 0.15) is 0 Å². The van der Waals surface area contributed by atoms with E-state index in [-0.39, 0.29) is 28.2 Å². The van der Waals surface area contributed by atoms with Gasteiger partial charge in [0.15, 0.2) is 0 Å². The van der Waals surface area contributed by atoms with Gasteiger partial charge in [0.05, 0.1) is 0 Å². The van der Waals surface area contributed by atoms with Crippen molar-refractivity contribution in [3.05, 3.63) is 73.8 Å². The van der Waals surface area contributed by atoms with E-state index in [1.807, 2.05) is 48.5 Å². The fraction of sp³-hybridized carbons (Fsp3) is 0.263. The molecule has 0 aromatic heterocycles. The third kappa shape index (κ3) is 7.63. The van der Waals surface area contributed by atoms with Gasteiger partial charge in [-0.15, -0.1) is 0 Å². The van der Waals surface area contributed by atoms with Crippen molar-refractivity contribution < 1.29 is 47.4 Å². The predicted molar refractivity (Wildman–Crippen MR) is 193 cm³/mol. The summed E-state index contributed by atoms with van der Waals surface area (Å²) in [4.78, 5) is 0. The first-order valence-corrected chi connectivity index (χ1v) is 16.8. The first kappa shape index (κ1) is 36.7. The standard InChI is InChI=1S/C38H42O10Se/c1-11-17-47-37-25(39-3)13-15-31(33(37)23-19-27(41-5)35(45-9)28(20-23)42-6)49-32-16-14-26(40-4)38(48-18-12-2)34(32)24-21-29(43-7)36(46-10)30(22-24)44-8/h11-16,19-22H,1-2,17-18H2,3-10H3. The van der Waals surface area contributed by atoms with E-state index in [1.54, 1.807) is 69.0 Å². The summed E-state index contributed by atoms with van der Waals surface area (Å²) in [6.45, 7) is 8.22. The molecule has 0 saturated carbocycles. The minimum absolute atomic E-state index is 0.253. The molecule has 0 aliphatic heterocycles. The van der Waals surface area contributed by atoms with Gasteiger partial charge >= 0.3 is 295 Å².